The normalized spacial score (nSPS) is 13.5. The van der Waals surface area contributed by atoms with E-state index in [0.717, 1.165) is 11.0 Å². The van der Waals surface area contributed by atoms with Crippen LogP contribution in [0.5, 0.6) is 5.75 Å². The molecule has 0 spiro atoms. The Balaban J connectivity index is 2.03. The maximum atomic E-state index is 12.4. The summed E-state index contributed by atoms with van der Waals surface area (Å²) in [6, 6.07) is 11.4. The molecule has 0 radical (unpaired) electrons. The van der Waals surface area contributed by atoms with Gasteiger partial charge in [0.05, 0.1) is 25.8 Å². The van der Waals surface area contributed by atoms with E-state index in [1.165, 1.54) is 13.2 Å². The molecule has 8 nitrogen and oxygen atoms in total. The summed E-state index contributed by atoms with van der Waals surface area (Å²) in [4.78, 5) is 37.0. The molecule has 0 atom stereocenters. The van der Waals surface area contributed by atoms with Crippen LogP contribution in [0.25, 0.3) is 11.1 Å². The lowest BCUT2D eigenvalue weighted by molar-refractivity contribution is -0.137. The Kier molecular flexibility index (Phi) is 5.42. The van der Waals surface area contributed by atoms with Gasteiger partial charge in [-0.3, -0.25) is 14.5 Å². The fourth-order valence-electron chi connectivity index (χ4n) is 2.96. The van der Waals surface area contributed by atoms with Crippen LogP contribution in [0, 0.1) is 0 Å². The van der Waals surface area contributed by atoms with Gasteiger partial charge in [-0.15, -0.1) is 0 Å². The lowest BCUT2D eigenvalue weighted by atomic mass is 9.97. The molecule has 0 bridgehead atoms. The van der Waals surface area contributed by atoms with Crippen molar-refractivity contribution < 1.29 is 29.3 Å². The predicted molar refractivity (Wildman–Crippen MR) is 101 cm³/mol. The van der Waals surface area contributed by atoms with Gasteiger partial charge in [-0.2, -0.15) is 0 Å². The average molecular weight is 382 g/mol. The van der Waals surface area contributed by atoms with Crippen LogP contribution in [0.15, 0.2) is 54.2 Å². The summed E-state index contributed by atoms with van der Waals surface area (Å²) in [7, 11) is 1.53. The van der Waals surface area contributed by atoms with E-state index in [-0.39, 0.29) is 24.4 Å². The molecule has 0 saturated carbocycles. The van der Waals surface area contributed by atoms with E-state index in [0.29, 0.717) is 22.6 Å². The number of methoxy groups -OCH3 is 1. The molecule has 2 aromatic carbocycles. The van der Waals surface area contributed by atoms with Crippen molar-refractivity contribution >= 4 is 23.5 Å². The second-order valence-corrected chi connectivity index (χ2v) is 5.96. The summed E-state index contributed by atoms with van der Waals surface area (Å²) in [5.74, 6) is -1.63. The second kappa shape index (κ2) is 7.93. The molecule has 1 heterocycles. The number of carbonyl (C=O) groups excluding carboxylic acids is 2. The van der Waals surface area contributed by atoms with Crippen molar-refractivity contribution in [2.45, 2.75) is 0 Å². The van der Waals surface area contributed by atoms with E-state index in [4.69, 9.17) is 9.84 Å². The molecule has 8 heteroatoms. The van der Waals surface area contributed by atoms with E-state index in [2.05, 4.69) is 5.32 Å². The minimum absolute atomic E-state index is 0.00995. The maximum Gasteiger partial charge on any atom is 0.336 e. The number of carboxylic acid groups (broad SMARTS) is 1. The molecule has 2 amide bonds. The zero-order chi connectivity index (χ0) is 20.3. The zero-order valence-electron chi connectivity index (χ0n) is 15.0. The Morgan fingerprint density at radius 1 is 1.14 bits per heavy atom. The van der Waals surface area contributed by atoms with Crippen molar-refractivity contribution in [3.63, 3.8) is 0 Å². The number of hydrogen-bond acceptors (Lipinski definition) is 6. The Hall–Kier alpha value is -3.65. The van der Waals surface area contributed by atoms with Gasteiger partial charge < -0.3 is 20.3 Å². The highest BCUT2D eigenvalue weighted by Crippen LogP contribution is 2.34. The summed E-state index contributed by atoms with van der Waals surface area (Å²) < 4.78 is 5.13. The Morgan fingerprint density at radius 3 is 2.46 bits per heavy atom. The first-order valence-corrected chi connectivity index (χ1v) is 8.42. The zero-order valence-corrected chi connectivity index (χ0v) is 15.0. The number of amides is 2. The number of aliphatic hydroxyl groups is 1. The van der Waals surface area contributed by atoms with Gasteiger partial charge in [0.25, 0.3) is 11.8 Å². The number of nitrogens with one attached hydrogen (secondary N) is 1. The highest BCUT2D eigenvalue weighted by molar-refractivity contribution is 6.18. The van der Waals surface area contributed by atoms with Gasteiger partial charge >= 0.3 is 5.97 Å². The Bertz CT molecular complexity index is 965. The third kappa shape index (κ3) is 3.58. The topological polar surface area (TPSA) is 116 Å². The van der Waals surface area contributed by atoms with E-state index in [1.807, 2.05) is 0 Å². The minimum Gasteiger partial charge on any atom is -0.497 e. The van der Waals surface area contributed by atoms with Gasteiger partial charge in [0.2, 0.25) is 0 Å². The van der Waals surface area contributed by atoms with Crippen LogP contribution in [-0.4, -0.2) is 53.2 Å². The van der Waals surface area contributed by atoms with Crippen molar-refractivity contribution in [2.75, 3.05) is 25.6 Å². The Labute approximate surface area is 160 Å². The third-order valence-electron chi connectivity index (χ3n) is 4.28. The lowest BCUT2D eigenvalue weighted by Crippen LogP contribution is -2.34. The van der Waals surface area contributed by atoms with E-state index in [9.17, 15) is 19.5 Å². The van der Waals surface area contributed by atoms with Gasteiger partial charge in [0.15, 0.2) is 0 Å². The SMILES string of the molecule is COc1ccc(-c2c(NC3=CC(=O)N(CCO)C3=O)cccc2C(=O)O)cc1. The number of anilines is 1. The molecule has 3 rings (SSSR count). The third-order valence-corrected chi connectivity index (χ3v) is 4.28. The van der Waals surface area contributed by atoms with Crippen LogP contribution in [-0.2, 0) is 9.59 Å². The molecule has 1 aliphatic heterocycles. The first-order chi connectivity index (χ1) is 13.5. The number of aliphatic hydroxyl groups excluding tert-OH is 1. The molecule has 3 N–H and O–H groups in total. The number of carboxylic acids is 1. The van der Waals surface area contributed by atoms with E-state index in [1.54, 1.807) is 36.4 Å². The molecule has 0 aliphatic carbocycles. The van der Waals surface area contributed by atoms with E-state index >= 15 is 0 Å². The number of rotatable bonds is 7. The fourth-order valence-corrected chi connectivity index (χ4v) is 2.96. The summed E-state index contributed by atoms with van der Waals surface area (Å²) in [6.45, 7) is -0.454. The van der Waals surface area contributed by atoms with Crippen molar-refractivity contribution in [3.05, 3.63) is 59.8 Å². The number of ether oxygens (including phenoxy) is 1. The molecular weight excluding hydrogens is 364 g/mol. The molecule has 0 aromatic heterocycles. The molecular formula is C20H18N2O6. The first-order valence-electron chi connectivity index (χ1n) is 8.42. The maximum absolute atomic E-state index is 12.4. The van der Waals surface area contributed by atoms with Gasteiger partial charge in [0.1, 0.15) is 11.4 Å². The number of imide groups is 1. The van der Waals surface area contributed by atoms with Crippen LogP contribution >= 0.6 is 0 Å². The predicted octanol–water partition coefficient (Wildman–Crippen LogP) is 1.72. The highest BCUT2D eigenvalue weighted by atomic mass is 16.5. The fraction of sp³-hybridized carbons (Fsp3) is 0.150. The van der Waals surface area contributed by atoms with Crippen molar-refractivity contribution in [1.82, 2.24) is 4.90 Å². The average Bonchev–Trinajstić information content (AvgIpc) is 2.95. The molecule has 0 unspecified atom stereocenters. The van der Waals surface area contributed by atoms with Gasteiger partial charge in [-0.1, -0.05) is 18.2 Å². The van der Waals surface area contributed by atoms with Crippen LogP contribution in [0.4, 0.5) is 5.69 Å². The van der Waals surface area contributed by atoms with Crippen LogP contribution < -0.4 is 10.1 Å². The summed E-state index contributed by atoms with van der Waals surface area (Å²) in [5.41, 5.74) is 1.39. The monoisotopic (exact) mass is 382 g/mol. The summed E-state index contributed by atoms with van der Waals surface area (Å²) >= 11 is 0. The Morgan fingerprint density at radius 2 is 1.86 bits per heavy atom. The standard InChI is InChI=1S/C20H18N2O6/c1-28-13-7-5-12(6-8-13)18-14(20(26)27)3-2-4-15(18)21-16-11-17(24)22(9-10-23)19(16)25/h2-8,11,21,23H,9-10H2,1H3,(H,26,27). The number of hydrogen-bond donors (Lipinski definition) is 3. The molecule has 28 heavy (non-hydrogen) atoms. The molecule has 1 aliphatic rings. The summed E-state index contributed by atoms with van der Waals surface area (Å²) in [6.07, 6.45) is 1.13. The number of benzene rings is 2. The van der Waals surface area contributed by atoms with Gasteiger partial charge in [-0.25, -0.2) is 4.79 Å². The first kappa shape index (κ1) is 19.1. The van der Waals surface area contributed by atoms with Crippen LogP contribution in [0.2, 0.25) is 0 Å². The van der Waals surface area contributed by atoms with Gasteiger partial charge in [0, 0.05) is 17.3 Å². The van der Waals surface area contributed by atoms with Crippen LogP contribution in [0.1, 0.15) is 10.4 Å². The van der Waals surface area contributed by atoms with E-state index < -0.39 is 17.8 Å². The molecule has 2 aromatic rings. The van der Waals surface area contributed by atoms with Crippen LogP contribution in [0.3, 0.4) is 0 Å². The molecule has 0 saturated heterocycles. The second-order valence-electron chi connectivity index (χ2n) is 5.96. The smallest absolute Gasteiger partial charge is 0.336 e. The summed E-state index contributed by atoms with van der Waals surface area (Å²) in [5, 5.41) is 21.5. The number of β-amino-alcohol motifs (C(OH)–C–C–N with tert-alkyl or cyclic N) is 1. The van der Waals surface area contributed by atoms with Crippen molar-refractivity contribution in [3.8, 4) is 16.9 Å². The van der Waals surface area contributed by atoms with Crippen molar-refractivity contribution in [2.24, 2.45) is 0 Å². The highest BCUT2D eigenvalue weighted by Gasteiger charge is 2.31. The van der Waals surface area contributed by atoms with Crippen molar-refractivity contribution in [1.29, 1.82) is 0 Å². The molecule has 0 fully saturated rings. The quantitative estimate of drug-likeness (QED) is 0.624. The van der Waals surface area contributed by atoms with Gasteiger partial charge in [-0.05, 0) is 29.8 Å². The molecule has 144 valence electrons. The lowest BCUT2D eigenvalue weighted by Gasteiger charge is -2.17. The largest absolute Gasteiger partial charge is 0.497 e. The minimum atomic E-state index is -1.13. The number of aromatic carboxylic acids is 1. The number of carbonyl (C=O) groups is 3. The number of nitrogens with zero attached hydrogens (tertiary/aromatic N) is 1.